The van der Waals surface area contributed by atoms with Gasteiger partial charge in [-0.2, -0.15) is 0 Å². The van der Waals surface area contributed by atoms with Crippen molar-refractivity contribution in [3.8, 4) is 0 Å². The summed E-state index contributed by atoms with van der Waals surface area (Å²) in [5.74, 6) is 0.556. The number of nitrogens with one attached hydrogen (secondary N) is 1. The van der Waals surface area contributed by atoms with Gasteiger partial charge < -0.3 is 15.8 Å². The molecule has 5 heteroatoms. The van der Waals surface area contributed by atoms with E-state index in [2.05, 4.69) is 38.0 Å². The highest BCUT2D eigenvalue weighted by Gasteiger charge is 2.21. The van der Waals surface area contributed by atoms with E-state index in [1.807, 2.05) is 0 Å². The molecule has 3 N–H and O–H groups in total. The second-order valence-electron chi connectivity index (χ2n) is 5.99. The summed E-state index contributed by atoms with van der Waals surface area (Å²) in [6, 6.07) is 1.58. The zero-order valence-corrected chi connectivity index (χ0v) is 13.0. The zero-order chi connectivity index (χ0) is 15.3. The fraction of sp³-hybridized carbons (Fsp3) is 0.600. The third-order valence-electron chi connectivity index (χ3n) is 3.54. The van der Waals surface area contributed by atoms with Crippen molar-refractivity contribution in [1.82, 2.24) is 4.98 Å². The predicted molar refractivity (Wildman–Crippen MR) is 81.7 cm³/mol. The lowest BCUT2D eigenvalue weighted by molar-refractivity contribution is 0.0527. The second kappa shape index (κ2) is 6.59. The average Bonchev–Trinajstić information content (AvgIpc) is 2.36. The van der Waals surface area contributed by atoms with Gasteiger partial charge in [-0.25, -0.2) is 9.78 Å². The van der Waals surface area contributed by atoms with Gasteiger partial charge in [0.2, 0.25) is 0 Å². The fourth-order valence-electron chi connectivity index (χ4n) is 1.56. The SMILES string of the molecule is CCOC(=O)c1ccnc(NCC(C)C(C)(C)C)c1N. The molecule has 0 saturated carbocycles. The highest BCUT2D eigenvalue weighted by Crippen LogP contribution is 2.27. The molecule has 0 aliphatic heterocycles. The highest BCUT2D eigenvalue weighted by molar-refractivity contribution is 5.97. The number of hydrogen-bond donors (Lipinski definition) is 2. The van der Waals surface area contributed by atoms with Crippen molar-refractivity contribution in [2.45, 2.75) is 34.6 Å². The Morgan fingerprint density at radius 2 is 2.15 bits per heavy atom. The van der Waals surface area contributed by atoms with Gasteiger partial charge in [0.1, 0.15) is 5.82 Å². The van der Waals surface area contributed by atoms with E-state index in [0.717, 1.165) is 6.54 Å². The average molecular weight is 279 g/mol. The Morgan fingerprint density at radius 3 is 2.70 bits per heavy atom. The molecule has 0 saturated heterocycles. The summed E-state index contributed by atoms with van der Waals surface area (Å²) >= 11 is 0. The Labute approximate surface area is 120 Å². The van der Waals surface area contributed by atoms with Crippen LogP contribution in [0.15, 0.2) is 12.3 Å². The number of hydrogen-bond acceptors (Lipinski definition) is 5. The number of anilines is 2. The summed E-state index contributed by atoms with van der Waals surface area (Å²) < 4.78 is 4.97. The van der Waals surface area contributed by atoms with Crippen LogP contribution in [0.4, 0.5) is 11.5 Å². The number of rotatable bonds is 5. The Bertz CT molecular complexity index is 467. The molecule has 0 amide bonds. The van der Waals surface area contributed by atoms with E-state index >= 15 is 0 Å². The molecule has 0 bridgehead atoms. The highest BCUT2D eigenvalue weighted by atomic mass is 16.5. The molecule has 0 spiro atoms. The molecular formula is C15H25N3O2. The summed E-state index contributed by atoms with van der Waals surface area (Å²) in [6.45, 7) is 11.6. The molecule has 0 aliphatic carbocycles. The third kappa shape index (κ3) is 4.11. The standard InChI is InChI=1S/C15H25N3O2/c1-6-20-14(19)11-7-8-17-13(12(11)16)18-9-10(2)15(3,4)5/h7-8,10H,6,9,16H2,1-5H3,(H,17,18). The lowest BCUT2D eigenvalue weighted by atomic mass is 9.82. The van der Waals surface area contributed by atoms with Crippen molar-refractivity contribution in [2.75, 3.05) is 24.2 Å². The molecule has 0 fully saturated rings. The van der Waals surface area contributed by atoms with Crippen molar-refractivity contribution < 1.29 is 9.53 Å². The third-order valence-corrected chi connectivity index (χ3v) is 3.54. The number of ether oxygens (including phenoxy) is 1. The van der Waals surface area contributed by atoms with Crippen LogP contribution >= 0.6 is 0 Å². The lowest BCUT2D eigenvalue weighted by Gasteiger charge is -2.27. The number of aromatic nitrogens is 1. The predicted octanol–water partition coefficient (Wildman–Crippen LogP) is 2.93. The first-order valence-corrected chi connectivity index (χ1v) is 6.92. The van der Waals surface area contributed by atoms with Gasteiger partial charge in [-0.15, -0.1) is 0 Å². The molecule has 1 rings (SSSR count). The smallest absolute Gasteiger partial charge is 0.340 e. The van der Waals surface area contributed by atoms with Crippen molar-refractivity contribution in [1.29, 1.82) is 0 Å². The van der Waals surface area contributed by atoms with Crippen LogP contribution in [0.1, 0.15) is 45.0 Å². The van der Waals surface area contributed by atoms with Gasteiger partial charge in [0.05, 0.1) is 17.9 Å². The molecule has 112 valence electrons. The molecule has 5 nitrogen and oxygen atoms in total. The van der Waals surface area contributed by atoms with E-state index in [9.17, 15) is 4.79 Å². The minimum atomic E-state index is -0.417. The first kappa shape index (κ1) is 16.3. The number of nitrogens with two attached hydrogens (primary N) is 1. The summed E-state index contributed by atoms with van der Waals surface area (Å²) in [5, 5.41) is 3.21. The van der Waals surface area contributed by atoms with Gasteiger partial charge >= 0.3 is 5.97 Å². The first-order chi connectivity index (χ1) is 9.27. The van der Waals surface area contributed by atoms with E-state index in [1.165, 1.54) is 0 Å². The largest absolute Gasteiger partial charge is 0.462 e. The van der Waals surface area contributed by atoms with Crippen molar-refractivity contribution >= 4 is 17.5 Å². The Morgan fingerprint density at radius 1 is 1.50 bits per heavy atom. The molecule has 20 heavy (non-hydrogen) atoms. The molecule has 0 radical (unpaired) electrons. The Kier molecular flexibility index (Phi) is 5.36. The van der Waals surface area contributed by atoms with Gasteiger partial charge in [-0.05, 0) is 24.3 Å². The Balaban J connectivity index is 2.82. The van der Waals surface area contributed by atoms with E-state index in [-0.39, 0.29) is 5.41 Å². The van der Waals surface area contributed by atoms with E-state index < -0.39 is 5.97 Å². The van der Waals surface area contributed by atoms with Crippen LogP contribution in [-0.4, -0.2) is 24.1 Å². The van der Waals surface area contributed by atoms with Gasteiger partial charge in [0, 0.05) is 12.7 Å². The van der Waals surface area contributed by atoms with Crippen LogP contribution in [0, 0.1) is 11.3 Å². The fourth-order valence-corrected chi connectivity index (χ4v) is 1.56. The zero-order valence-electron chi connectivity index (χ0n) is 13.0. The van der Waals surface area contributed by atoms with Crippen molar-refractivity contribution in [3.05, 3.63) is 17.8 Å². The number of nitrogens with zero attached hydrogens (tertiary/aromatic N) is 1. The van der Waals surface area contributed by atoms with Crippen molar-refractivity contribution in [3.63, 3.8) is 0 Å². The molecular weight excluding hydrogens is 254 g/mol. The Hall–Kier alpha value is -1.78. The first-order valence-electron chi connectivity index (χ1n) is 6.92. The summed E-state index contributed by atoms with van der Waals surface area (Å²) in [6.07, 6.45) is 1.56. The number of nitrogen functional groups attached to an aromatic ring is 1. The molecule has 1 aromatic rings. The summed E-state index contributed by atoms with van der Waals surface area (Å²) in [4.78, 5) is 15.9. The topological polar surface area (TPSA) is 77.2 Å². The van der Waals surface area contributed by atoms with Gasteiger partial charge in [-0.1, -0.05) is 27.7 Å². The molecule has 1 atom stereocenters. The maximum Gasteiger partial charge on any atom is 0.340 e. The van der Waals surface area contributed by atoms with Gasteiger partial charge in [0.15, 0.2) is 0 Å². The quantitative estimate of drug-likeness (QED) is 0.810. The van der Waals surface area contributed by atoms with Crippen LogP contribution in [0.25, 0.3) is 0 Å². The molecule has 1 aromatic heterocycles. The molecule has 1 heterocycles. The van der Waals surface area contributed by atoms with Crippen LogP contribution < -0.4 is 11.1 Å². The van der Waals surface area contributed by atoms with E-state index in [0.29, 0.717) is 29.6 Å². The molecule has 0 aromatic carbocycles. The number of carbonyl (C=O) groups excluding carboxylic acids is 1. The normalized spacial score (nSPS) is 12.8. The molecule has 1 unspecified atom stereocenters. The van der Waals surface area contributed by atoms with E-state index in [4.69, 9.17) is 10.5 Å². The van der Waals surface area contributed by atoms with Crippen LogP contribution in [0.5, 0.6) is 0 Å². The number of carbonyl (C=O) groups is 1. The summed E-state index contributed by atoms with van der Waals surface area (Å²) in [7, 11) is 0. The lowest BCUT2D eigenvalue weighted by Crippen LogP contribution is -2.25. The number of esters is 1. The second-order valence-corrected chi connectivity index (χ2v) is 5.99. The van der Waals surface area contributed by atoms with E-state index in [1.54, 1.807) is 19.2 Å². The minimum absolute atomic E-state index is 0.195. The van der Waals surface area contributed by atoms with Crippen LogP contribution in [-0.2, 0) is 4.74 Å². The number of pyridine rings is 1. The van der Waals surface area contributed by atoms with Gasteiger partial charge in [-0.3, -0.25) is 0 Å². The molecule has 0 aliphatic rings. The summed E-state index contributed by atoms with van der Waals surface area (Å²) in [5.41, 5.74) is 6.87. The van der Waals surface area contributed by atoms with Crippen LogP contribution in [0.3, 0.4) is 0 Å². The van der Waals surface area contributed by atoms with Crippen molar-refractivity contribution in [2.24, 2.45) is 11.3 Å². The van der Waals surface area contributed by atoms with Crippen LogP contribution in [0.2, 0.25) is 0 Å². The maximum absolute atomic E-state index is 11.8. The maximum atomic E-state index is 11.8. The monoisotopic (exact) mass is 279 g/mol. The van der Waals surface area contributed by atoms with Gasteiger partial charge in [0.25, 0.3) is 0 Å². The minimum Gasteiger partial charge on any atom is -0.462 e.